The number of thioether (sulfide) groups is 1. The number of carboxylic acid groups (broad SMARTS) is 1. The molecule has 0 spiro atoms. The fraction of sp³-hybridized carbons (Fsp3) is 0.189. The van der Waals surface area contributed by atoms with E-state index in [9.17, 15) is 9.90 Å². The number of furan rings is 1. The Hall–Kier alpha value is -4.50. The first-order valence-electron chi connectivity index (χ1n) is 15.0. The van der Waals surface area contributed by atoms with Crippen LogP contribution in [0.5, 0.6) is 5.75 Å². The number of carbonyl (C=O) groups is 1. The van der Waals surface area contributed by atoms with Crippen molar-refractivity contribution in [2.24, 2.45) is 0 Å². The Bertz CT molecular complexity index is 2020. The molecule has 0 aliphatic carbocycles. The van der Waals surface area contributed by atoms with Gasteiger partial charge in [0.1, 0.15) is 18.1 Å². The number of halogens is 1. The van der Waals surface area contributed by atoms with Crippen molar-refractivity contribution >= 4 is 40.2 Å². The topological polar surface area (TPSA) is 86.7 Å². The minimum atomic E-state index is -1.12. The number of aromatic nitrogens is 2. The van der Waals surface area contributed by atoms with E-state index >= 15 is 0 Å². The maximum absolute atomic E-state index is 11.7. The number of carboxylic acids is 1. The number of benzene rings is 3. The second-order valence-electron chi connectivity index (χ2n) is 11.3. The summed E-state index contributed by atoms with van der Waals surface area (Å²) in [5.74, 6) is -0.00220. The van der Waals surface area contributed by atoms with Crippen LogP contribution in [0.3, 0.4) is 0 Å². The third-order valence-corrected chi connectivity index (χ3v) is 9.71. The number of ether oxygens (including phenoxy) is 2. The molecule has 1 aliphatic heterocycles. The monoisotopic (exact) mass is 650 g/mol. The van der Waals surface area contributed by atoms with Gasteiger partial charge in [-0.15, -0.1) is 11.8 Å². The highest BCUT2D eigenvalue weighted by molar-refractivity contribution is 8.00. The second-order valence-corrected chi connectivity index (χ2v) is 13.2. The van der Waals surface area contributed by atoms with E-state index in [2.05, 4.69) is 40.7 Å². The molecule has 1 N–H and O–H groups in total. The fourth-order valence-corrected chi connectivity index (χ4v) is 7.56. The molecule has 0 saturated heterocycles. The number of hydrogen-bond donors (Lipinski definition) is 1. The van der Waals surface area contributed by atoms with Crippen LogP contribution in [0.4, 0.5) is 0 Å². The zero-order chi connectivity index (χ0) is 31.8. The summed E-state index contributed by atoms with van der Waals surface area (Å²) >= 11 is 8.00. The molecule has 2 unspecified atom stereocenters. The van der Waals surface area contributed by atoms with Gasteiger partial charge in [-0.05, 0) is 60.0 Å². The van der Waals surface area contributed by atoms with E-state index in [0.717, 1.165) is 61.6 Å². The molecule has 0 amide bonds. The lowest BCUT2D eigenvalue weighted by atomic mass is 10.0. The van der Waals surface area contributed by atoms with E-state index in [1.165, 1.54) is 6.07 Å². The van der Waals surface area contributed by atoms with Gasteiger partial charge in [-0.25, -0.2) is 4.79 Å². The fourth-order valence-electron chi connectivity index (χ4n) is 6.10. The first kappa shape index (κ1) is 30.2. The van der Waals surface area contributed by atoms with Gasteiger partial charge in [-0.1, -0.05) is 67.1 Å². The molecule has 6 aromatic rings. The lowest BCUT2D eigenvalue weighted by Gasteiger charge is -2.23. The lowest BCUT2D eigenvalue weighted by molar-refractivity contribution is 0.0643. The molecule has 232 valence electrons. The molecule has 4 heterocycles. The van der Waals surface area contributed by atoms with Gasteiger partial charge in [0, 0.05) is 51.5 Å². The van der Waals surface area contributed by atoms with Gasteiger partial charge >= 0.3 is 5.97 Å². The van der Waals surface area contributed by atoms with Crippen molar-refractivity contribution in [2.45, 2.75) is 42.7 Å². The van der Waals surface area contributed by atoms with Gasteiger partial charge in [0.25, 0.3) is 0 Å². The van der Waals surface area contributed by atoms with E-state index in [-0.39, 0.29) is 11.0 Å². The predicted molar refractivity (Wildman–Crippen MR) is 180 cm³/mol. The maximum Gasteiger partial charge on any atom is 0.371 e. The molecule has 0 fully saturated rings. The van der Waals surface area contributed by atoms with Crippen LogP contribution in [0, 0.1) is 0 Å². The van der Waals surface area contributed by atoms with E-state index in [1.807, 2.05) is 60.8 Å². The van der Waals surface area contributed by atoms with Crippen molar-refractivity contribution in [3.63, 3.8) is 0 Å². The van der Waals surface area contributed by atoms with E-state index < -0.39 is 12.1 Å². The summed E-state index contributed by atoms with van der Waals surface area (Å²) < 4.78 is 20.6. The maximum atomic E-state index is 11.7. The van der Waals surface area contributed by atoms with Gasteiger partial charge in [0.2, 0.25) is 5.76 Å². The lowest BCUT2D eigenvalue weighted by Crippen LogP contribution is -2.13. The van der Waals surface area contributed by atoms with Crippen molar-refractivity contribution in [2.75, 3.05) is 7.11 Å². The summed E-state index contributed by atoms with van der Waals surface area (Å²) in [5.41, 5.74) is 7.18. The van der Waals surface area contributed by atoms with Gasteiger partial charge < -0.3 is 23.6 Å². The van der Waals surface area contributed by atoms with Crippen molar-refractivity contribution in [3.05, 3.63) is 136 Å². The van der Waals surface area contributed by atoms with Crippen LogP contribution >= 0.6 is 23.4 Å². The summed E-state index contributed by atoms with van der Waals surface area (Å²) in [6.07, 6.45) is 2.08. The summed E-state index contributed by atoms with van der Waals surface area (Å²) in [5, 5.41) is 11.6. The van der Waals surface area contributed by atoms with Crippen LogP contribution < -0.4 is 4.74 Å². The van der Waals surface area contributed by atoms with Crippen LogP contribution in [0.1, 0.15) is 51.9 Å². The molecule has 7 nitrogen and oxygen atoms in total. The zero-order valence-electron chi connectivity index (χ0n) is 25.3. The number of nitrogens with zero attached hydrogens (tertiary/aromatic N) is 2. The Morgan fingerprint density at radius 3 is 2.54 bits per heavy atom. The van der Waals surface area contributed by atoms with Gasteiger partial charge in [-0.3, -0.25) is 4.98 Å². The smallest absolute Gasteiger partial charge is 0.371 e. The second kappa shape index (κ2) is 12.7. The van der Waals surface area contributed by atoms with Crippen molar-refractivity contribution in [1.82, 2.24) is 9.55 Å². The minimum Gasteiger partial charge on any atom is -0.487 e. The standard InChI is InChI=1S/C37H31ClN2O5S/c1-22-18-28-30(44-21-27-13-10-25(19-39-27)24-6-4-3-5-7-24)15-14-29-33(28)36(46-22)34(40(29)20-23-8-11-26(38)12-9-23)35(43-2)31-16-17-32(45-31)37(41)42/h3-17,19,22,35H,18,20-21H2,1-2H3,(H,41,42). The molecule has 3 aromatic carbocycles. The molecule has 0 radical (unpaired) electrons. The molecule has 46 heavy (non-hydrogen) atoms. The molecule has 2 atom stereocenters. The first-order valence-corrected chi connectivity index (χ1v) is 16.2. The van der Waals surface area contributed by atoms with Gasteiger partial charge in [-0.2, -0.15) is 0 Å². The Balaban J connectivity index is 1.30. The zero-order valence-corrected chi connectivity index (χ0v) is 26.8. The SMILES string of the molecule is COC(c1ccc(C(=O)O)o1)c1c2c3c(c(OCc4ccc(-c5ccccc5)cn4)ccc3n1Cc1ccc(Cl)cc1)CC(C)S2. The van der Waals surface area contributed by atoms with Crippen molar-refractivity contribution in [3.8, 4) is 16.9 Å². The Kier molecular flexibility index (Phi) is 8.34. The normalized spacial score (nSPS) is 14.8. The summed E-state index contributed by atoms with van der Waals surface area (Å²) in [6, 6.07) is 29.3. The third-order valence-electron chi connectivity index (χ3n) is 8.24. The van der Waals surface area contributed by atoms with Crippen LogP contribution in [0.2, 0.25) is 5.02 Å². The predicted octanol–water partition coefficient (Wildman–Crippen LogP) is 9.05. The van der Waals surface area contributed by atoms with Gasteiger partial charge in [0.15, 0.2) is 6.10 Å². The minimum absolute atomic E-state index is 0.131. The highest BCUT2D eigenvalue weighted by Gasteiger charge is 2.34. The first-order chi connectivity index (χ1) is 22.4. The molecule has 0 bridgehead atoms. The number of rotatable bonds is 10. The highest BCUT2D eigenvalue weighted by Crippen LogP contribution is 2.50. The van der Waals surface area contributed by atoms with Crippen molar-refractivity contribution < 1.29 is 23.8 Å². The largest absolute Gasteiger partial charge is 0.487 e. The summed E-state index contributed by atoms with van der Waals surface area (Å²) in [4.78, 5) is 17.4. The summed E-state index contributed by atoms with van der Waals surface area (Å²) in [7, 11) is 1.62. The Morgan fingerprint density at radius 1 is 1.04 bits per heavy atom. The van der Waals surface area contributed by atoms with E-state index in [4.69, 9.17) is 25.5 Å². The number of hydrogen-bond acceptors (Lipinski definition) is 6. The molecule has 0 saturated carbocycles. The Labute approximate surface area is 275 Å². The quantitative estimate of drug-likeness (QED) is 0.158. The molecule has 7 rings (SSSR count). The van der Waals surface area contributed by atoms with Crippen LogP contribution in [-0.2, 0) is 24.3 Å². The van der Waals surface area contributed by atoms with E-state index in [0.29, 0.717) is 23.9 Å². The number of pyridine rings is 1. The van der Waals surface area contributed by atoms with E-state index in [1.54, 1.807) is 24.9 Å². The highest BCUT2D eigenvalue weighted by atomic mass is 35.5. The average Bonchev–Trinajstić information content (AvgIpc) is 3.68. The third kappa shape index (κ3) is 5.80. The molecule has 3 aromatic heterocycles. The summed E-state index contributed by atoms with van der Waals surface area (Å²) in [6.45, 7) is 3.10. The molecular formula is C37H31ClN2O5S. The van der Waals surface area contributed by atoms with Crippen molar-refractivity contribution in [1.29, 1.82) is 0 Å². The number of methoxy groups -OCH3 is 1. The molecule has 9 heteroatoms. The van der Waals surface area contributed by atoms with Crippen LogP contribution in [0.25, 0.3) is 22.0 Å². The average molecular weight is 651 g/mol. The molecule has 1 aliphatic rings. The van der Waals surface area contributed by atoms with Crippen LogP contribution in [-0.4, -0.2) is 33.0 Å². The molecular weight excluding hydrogens is 620 g/mol. The Morgan fingerprint density at radius 2 is 1.85 bits per heavy atom. The van der Waals surface area contributed by atoms with Crippen LogP contribution in [0.15, 0.2) is 107 Å². The number of aromatic carboxylic acids is 1. The van der Waals surface area contributed by atoms with Gasteiger partial charge in [0.05, 0.1) is 16.9 Å².